The largest absolute Gasteiger partial charge is 0.460 e. The van der Waals surface area contributed by atoms with Crippen LogP contribution in [0.3, 0.4) is 0 Å². The van der Waals surface area contributed by atoms with Crippen molar-refractivity contribution in [2.45, 2.75) is 72.2 Å². The van der Waals surface area contributed by atoms with E-state index in [1.165, 1.54) is 6.92 Å². The summed E-state index contributed by atoms with van der Waals surface area (Å²) in [6, 6.07) is 0. The first kappa shape index (κ1) is 20.0. The SMILES string of the molecule is CCCC(OC(C)C)(C(C)=O)C(=O)OC(C)C.[AlH3]. The monoisotopic (exact) mass is 274 g/mol. The molecule has 18 heavy (non-hydrogen) atoms. The van der Waals surface area contributed by atoms with Crippen LogP contribution in [-0.4, -0.2) is 46.9 Å². The van der Waals surface area contributed by atoms with Crippen molar-refractivity contribution in [1.29, 1.82) is 0 Å². The van der Waals surface area contributed by atoms with E-state index in [-0.39, 0.29) is 35.4 Å². The van der Waals surface area contributed by atoms with Crippen LogP contribution >= 0.6 is 0 Å². The highest BCUT2D eigenvalue weighted by atomic mass is 27.0. The molecule has 0 fully saturated rings. The maximum atomic E-state index is 12.1. The zero-order chi connectivity index (χ0) is 13.6. The summed E-state index contributed by atoms with van der Waals surface area (Å²) in [6.45, 7) is 10.4. The van der Waals surface area contributed by atoms with Gasteiger partial charge in [0.15, 0.2) is 23.1 Å². The number of carbonyl (C=O) groups is 2. The predicted octanol–water partition coefficient (Wildman–Crippen LogP) is 1.31. The Morgan fingerprint density at radius 2 is 1.61 bits per heavy atom. The molecule has 0 amide bonds. The first-order chi connectivity index (χ1) is 7.76. The van der Waals surface area contributed by atoms with Crippen LogP contribution in [-0.2, 0) is 19.1 Å². The maximum Gasteiger partial charge on any atom is 0.346 e. The molecule has 0 rings (SSSR count). The highest BCUT2D eigenvalue weighted by Crippen LogP contribution is 2.24. The van der Waals surface area contributed by atoms with Crippen molar-refractivity contribution < 1.29 is 19.1 Å². The van der Waals surface area contributed by atoms with Gasteiger partial charge in [0.25, 0.3) is 0 Å². The molecule has 0 aromatic heterocycles. The Bertz CT molecular complexity index is 276. The van der Waals surface area contributed by atoms with Crippen LogP contribution in [0.15, 0.2) is 0 Å². The number of rotatable bonds is 7. The Labute approximate surface area is 121 Å². The van der Waals surface area contributed by atoms with Crippen LogP contribution in [0.5, 0.6) is 0 Å². The minimum absolute atomic E-state index is 0. The molecule has 106 valence electrons. The topological polar surface area (TPSA) is 52.6 Å². The van der Waals surface area contributed by atoms with Gasteiger partial charge < -0.3 is 9.47 Å². The molecule has 0 aromatic carbocycles. The van der Waals surface area contributed by atoms with Gasteiger partial charge in [0.2, 0.25) is 5.60 Å². The second kappa shape index (κ2) is 8.69. The fourth-order valence-electron chi connectivity index (χ4n) is 1.68. The van der Waals surface area contributed by atoms with E-state index in [9.17, 15) is 9.59 Å². The molecule has 0 N–H and O–H groups in total. The van der Waals surface area contributed by atoms with Gasteiger partial charge in [-0.05, 0) is 41.0 Å². The van der Waals surface area contributed by atoms with Gasteiger partial charge in [-0.15, -0.1) is 0 Å². The van der Waals surface area contributed by atoms with Crippen LogP contribution in [0.1, 0.15) is 54.4 Å². The molecule has 0 radical (unpaired) electrons. The molecule has 0 aliphatic rings. The summed E-state index contributed by atoms with van der Waals surface area (Å²) >= 11 is 0. The molecule has 1 atom stereocenters. The fourth-order valence-corrected chi connectivity index (χ4v) is 1.68. The van der Waals surface area contributed by atoms with Gasteiger partial charge in [0, 0.05) is 0 Å². The summed E-state index contributed by atoms with van der Waals surface area (Å²) in [4.78, 5) is 23.9. The minimum atomic E-state index is -1.44. The number of ketones is 1. The van der Waals surface area contributed by atoms with Gasteiger partial charge >= 0.3 is 5.97 Å². The molecule has 0 aliphatic carbocycles. The molecule has 0 heterocycles. The lowest BCUT2D eigenvalue weighted by atomic mass is 9.93. The number of carbonyl (C=O) groups excluding carboxylic acids is 2. The quantitative estimate of drug-likeness (QED) is 0.399. The Hall–Kier alpha value is -0.368. The normalized spacial score (nSPS) is 14.0. The van der Waals surface area contributed by atoms with Crippen molar-refractivity contribution in [3.05, 3.63) is 0 Å². The standard InChI is InChI=1S/C13H24O4.Al.3H/c1-7-8-13(11(6)14,17-10(4)5)12(15)16-9(2)3;;;;/h9-10H,7-8H2,1-6H3;;;;. The third-order valence-corrected chi connectivity index (χ3v) is 2.28. The molecular weight excluding hydrogens is 247 g/mol. The molecule has 0 bridgehead atoms. The lowest BCUT2D eigenvalue weighted by Crippen LogP contribution is -2.51. The van der Waals surface area contributed by atoms with E-state index < -0.39 is 11.6 Å². The number of Topliss-reactive ketones (excluding diaryl/α,β-unsaturated/α-hetero) is 1. The van der Waals surface area contributed by atoms with Crippen LogP contribution in [0.4, 0.5) is 0 Å². The first-order valence-corrected chi connectivity index (χ1v) is 6.16. The lowest BCUT2D eigenvalue weighted by molar-refractivity contribution is -0.186. The maximum absolute atomic E-state index is 12.1. The lowest BCUT2D eigenvalue weighted by Gasteiger charge is -2.31. The van der Waals surface area contributed by atoms with Gasteiger partial charge in [-0.2, -0.15) is 0 Å². The van der Waals surface area contributed by atoms with Gasteiger partial charge in [-0.1, -0.05) is 13.3 Å². The van der Waals surface area contributed by atoms with E-state index >= 15 is 0 Å². The Morgan fingerprint density at radius 3 is 1.89 bits per heavy atom. The number of ether oxygens (including phenoxy) is 2. The van der Waals surface area contributed by atoms with Crippen molar-refractivity contribution >= 4 is 29.1 Å². The first-order valence-electron chi connectivity index (χ1n) is 6.16. The molecule has 0 saturated carbocycles. The summed E-state index contributed by atoms with van der Waals surface area (Å²) in [5, 5.41) is 0. The fraction of sp³-hybridized carbons (Fsp3) is 0.846. The second-order valence-electron chi connectivity index (χ2n) is 4.75. The number of hydrogen-bond donors (Lipinski definition) is 0. The molecule has 5 heteroatoms. The van der Waals surface area contributed by atoms with Crippen LogP contribution < -0.4 is 0 Å². The van der Waals surface area contributed by atoms with Crippen molar-refractivity contribution in [3.8, 4) is 0 Å². The van der Waals surface area contributed by atoms with Crippen molar-refractivity contribution in [2.75, 3.05) is 0 Å². The summed E-state index contributed by atoms with van der Waals surface area (Å²) < 4.78 is 10.7. The van der Waals surface area contributed by atoms with Gasteiger partial charge in [0.1, 0.15) is 0 Å². The molecule has 4 nitrogen and oxygen atoms in total. The minimum Gasteiger partial charge on any atom is -0.460 e. The molecule has 1 unspecified atom stereocenters. The Balaban J connectivity index is 0. The number of hydrogen-bond acceptors (Lipinski definition) is 4. The molecule has 0 aliphatic heterocycles. The highest BCUT2D eigenvalue weighted by Gasteiger charge is 2.46. The Kier molecular flexibility index (Phi) is 9.63. The summed E-state index contributed by atoms with van der Waals surface area (Å²) in [6.07, 6.45) is 0.574. The summed E-state index contributed by atoms with van der Waals surface area (Å²) in [5.41, 5.74) is -1.44. The van der Waals surface area contributed by atoms with E-state index in [2.05, 4.69) is 0 Å². The smallest absolute Gasteiger partial charge is 0.346 e. The third-order valence-electron chi connectivity index (χ3n) is 2.28. The van der Waals surface area contributed by atoms with E-state index in [0.29, 0.717) is 12.8 Å². The van der Waals surface area contributed by atoms with Crippen LogP contribution in [0, 0.1) is 0 Å². The molecule has 0 aromatic rings. The van der Waals surface area contributed by atoms with E-state index in [0.717, 1.165) is 0 Å². The zero-order valence-electron chi connectivity index (χ0n) is 11.7. The van der Waals surface area contributed by atoms with Gasteiger partial charge in [0.05, 0.1) is 12.2 Å². The summed E-state index contributed by atoms with van der Waals surface area (Å²) in [5.74, 6) is -0.866. The zero-order valence-corrected chi connectivity index (χ0v) is 11.7. The van der Waals surface area contributed by atoms with Crippen LogP contribution in [0.25, 0.3) is 0 Å². The molecule has 0 saturated heterocycles. The second-order valence-corrected chi connectivity index (χ2v) is 4.75. The van der Waals surface area contributed by atoms with E-state index in [1.807, 2.05) is 6.92 Å². The van der Waals surface area contributed by atoms with Crippen molar-refractivity contribution in [1.82, 2.24) is 0 Å². The van der Waals surface area contributed by atoms with Crippen molar-refractivity contribution in [3.63, 3.8) is 0 Å². The van der Waals surface area contributed by atoms with E-state index in [4.69, 9.17) is 9.47 Å². The summed E-state index contributed by atoms with van der Waals surface area (Å²) in [7, 11) is 0. The number of esters is 1. The third kappa shape index (κ3) is 5.52. The average Bonchev–Trinajstić information content (AvgIpc) is 2.14. The van der Waals surface area contributed by atoms with Crippen LogP contribution in [0.2, 0.25) is 0 Å². The van der Waals surface area contributed by atoms with E-state index in [1.54, 1.807) is 27.7 Å². The predicted molar refractivity (Wildman–Crippen MR) is 75.7 cm³/mol. The van der Waals surface area contributed by atoms with Gasteiger partial charge in [-0.3, -0.25) is 4.79 Å². The Morgan fingerprint density at radius 1 is 1.11 bits per heavy atom. The average molecular weight is 274 g/mol. The molecule has 0 spiro atoms. The van der Waals surface area contributed by atoms with Gasteiger partial charge in [-0.25, -0.2) is 4.79 Å². The molecular formula is C13H27AlO4. The van der Waals surface area contributed by atoms with Crippen molar-refractivity contribution in [2.24, 2.45) is 0 Å². The highest BCUT2D eigenvalue weighted by molar-refractivity contribution is 6.06.